The van der Waals surface area contributed by atoms with Gasteiger partial charge in [-0.05, 0) is 12.1 Å². The van der Waals surface area contributed by atoms with Crippen LogP contribution in [0.15, 0.2) is 47.9 Å². The molecule has 0 aliphatic heterocycles. The van der Waals surface area contributed by atoms with Crippen molar-refractivity contribution < 1.29 is 12.6 Å². The van der Waals surface area contributed by atoms with E-state index < -0.39 is 10.1 Å². The molecule has 0 amide bonds. The summed E-state index contributed by atoms with van der Waals surface area (Å²) in [5.41, 5.74) is 0. The number of hydrogen-bond acceptors (Lipinski definition) is 3. The van der Waals surface area contributed by atoms with Crippen LogP contribution in [-0.2, 0) is 14.3 Å². The summed E-state index contributed by atoms with van der Waals surface area (Å²) in [6, 6.07) is 8.00. The molecule has 0 aliphatic rings. The van der Waals surface area contributed by atoms with Gasteiger partial charge in [0.05, 0.1) is 11.5 Å². The lowest BCUT2D eigenvalue weighted by molar-refractivity contribution is 0.357. The van der Waals surface area contributed by atoms with Crippen LogP contribution in [-0.4, -0.2) is 15.0 Å². The molecule has 3 nitrogen and oxygen atoms in total. The van der Waals surface area contributed by atoms with Gasteiger partial charge < -0.3 is 0 Å². The summed E-state index contributed by atoms with van der Waals surface area (Å²) >= 11 is 0. The topological polar surface area (TPSA) is 43.4 Å². The molecule has 1 rings (SSSR count). The molecule has 1 aromatic carbocycles. The third-order valence-electron chi connectivity index (χ3n) is 1.37. The summed E-state index contributed by atoms with van der Waals surface area (Å²) in [7, 11) is -3.59. The first-order valence-electron chi connectivity index (χ1n) is 3.72. The van der Waals surface area contributed by atoms with Gasteiger partial charge in [0.25, 0.3) is 10.1 Å². The van der Waals surface area contributed by atoms with Crippen molar-refractivity contribution in [3.8, 4) is 0 Å². The van der Waals surface area contributed by atoms with Gasteiger partial charge in [0.1, 0.15) is 0 Å². The van der Waals surface area contributed by atoms with Gasteiger partial charge in [0.15, 0.2) is 0 Å². The number of halogens is 1. The first-order valence-corrected chi connectivity index (χ1v) is 5.13. The molecule has 0 radical (unpaired) electrons. The summed E-state index contributed by atoms with van der Waals surface area (Å²) < 4.78 is 27.3. The van der Waals surface area contributed by atoms with E-state index in [0.29, 0.717) is 0 Å². The van der Waals surface area contributed by atoms with Gasteiger partial charge in [0.2, 0.25) is 0 Å². The molecule has 0 aromatic heterocycles. The normalized spacial score (nSPS) is 10.3. The van der Waals surface area contributed by atoms with Gasteiger partial charge in [0, 0.05) is 0 Å². The molecule has 1 aromatic rings. The SMILES string of the molecule is C=CCOS(=O)(=O)c1ccccc1.Cl. The molecule has 0 heterocycles. The minimum Gasteiger partial charge on any atom is -0.262 e. The lowest BCUT2D eigenvalue weighted by Crippen LogP contribution is -2.05. The minimum atomic E-state index is -3.59. The van der Waals surface area contributed by atoms with E-state index in [0.717, 1.165) is 0 Å². The van der Waals surface area contributed by atoms with Crippen molar-refractivity contribution in [3.05, 3.63) is 43.0 Å². The molecule has 0 N–H and O–H groups in total. The van der Waals surface area contributed by atoms with Crippen LogP contribution in [0.4, 0.5) is 0 Å². The Morgan fingerprint density at radius 2 is 1.86 bits per heavy atom. The highest BCUT2D eigenvalue weighted by atomic mass is 35.5. The van der Waals surface area contributed by atoms with E-state index in [2.05, 4.69) is 10.8 Å². The van der Waals surface area contributed by atoms with Crippen LogP contribution in [0.1, 0.15) is 0 Å². The molecule has 0 atom stereocenters. The van der Waals surface area contributed by atoms with Gasteiger partial charge >= 0.3 is 0 Å². The number of rotatable bonds is 4. The van der Waals surface area contributed by atoms with Gasteiger partial charge in [-0.25, -0.2) is 0 Å². The van der Waals surface area contributed by atoms with Crippen LogP contribution in [0.3, 0.4) is 0 Å². The van der Waals surface area contributed by atoms with Gasteiger partial charge in [-0.15, -0.1) is 19.0 Å². The Kier molecular flexibility index (Phi) is 5.45. The van der Waals surface area contributed by atoms with Crippen molar-refractivity contribution in [1.29, 1.82) is 0 Å². The summed E-state index contributed by atoms with van der Waals surface area (Å²) in [6.45, 7) is 3.37. The minimum absolute atomic E-state index is 0. The fraction of sp³-hybridized carbons (Fsp3) is 0.111. The van der Waals surface area contributed by atoms with Crippen molar-refractivity contribution in [1.82, 2.24) is 0 Å². The van der Waals surface area contributed by atoms with E-state index >= 15 is 0 Å². The predicted octanol–water partition coefficient (Wildman–Crippen LogP) is 2.00. The molecule has 0 saturated heterocycles. The highest BCUT2D eigenvalue weighted by molar-refractivity contribution is 7.86. The van der Waals surface area contributed by atoms with Crippen LogP contribution in [0.5, 0.6) is 0 Å². The molecular formula is C9H11ClO3S. The van der Waals surface area contributed by atoms with Crippen molar-refractivity contribution in [2.24, 2.45) is 0 Å². The van der Waals surface area contributed by atoms with Crippen molar-refractivity contribution in [2.75, 3.05) is 6.61 Å². The van der Waals surface area contributed by atoms with Crippen LogP contribution in [0.2, 0.25) is 0 Å². The fourth-order valence-electron chi connectivity index (χ4n) is 0.793. The Morgan fingerprint density at radius 1 is 1.29 bits per heavy atom. The Hall–Kier alpha value is -0.840. The zero-order chi connectivity index (χ0) is 9.73. The lowest BCUT2D eigenvalue weighted by Gasteiger charge is -2.01. The van der Waals surface area contributed by atoms with Gasteiger partial charge in [-0.2, -0.15) is 8.42 Å². The molecule has 14 heavy (non-hydrogen) atoms. The second-order valence-electron chi connectivity index (χ2n) is 2.34. The highest BCUT2D eigenvalue weighted by Gasteiger charge is 2.12. The van der Waals surface area contributed by atoms with Crippen LogP contribution < -0.4 is 0 Å². The molecule has 0 saturated carbocycles. The first kappa shape index (κ1) is 13.2. The number of benzene rings is 1. The summed E-state index contributed by atoms with van der Waals surface area (Å²) in [5, 5.41) is 0. The fourth-order valence-corrected chi connectivity index (χ4v) is 1.69. The van der Waals surface area contributed by atoms with E-state index in [1.807, 2.05) is 0 Å². The molecule has 0 spiro atoms. The van der Waals surface area contributed by atoms with E-state index in [1.54, 1.807) is 18.2 Å². The van der Waals surface area contributed by atoms with Crippen molar-refractivity contribution >= 4 is 22.5 Å². The lowest BCUT2D eigenvalue weighted by atomic mass is 10.4. The molecule has 0 fully saturated rings. The van der Waals surface area contributed by atoms with E-state index in [4.69, 9.17) is 0 Å². The maximum Gasteiger partial charge on any atom is 0.297 e. The maximum atomic E-state index is 11.3. The van der Waals surface area contributed by atoms with Crippen LogP contribution in [0, 0.1) is 0 Å². The summed E-state index contributed by atoms with van der Waals surface area (Å²) in [4.78, 5) is 0.164. The average Bonchev–Trinajstić information content (AvgIpc) is 2.16. The zero-order valence-electron chi connectivity index (χ0n) is 7.42. The third kappa shape index (κ3) is 3.49. The molecule has 0 bridgehead atoms. The highest BCUT2D eigenvalue weighted by Crippen LogP contribution is 2.10. The molecule has 78 valence electrons. The maximum absolute atomic E-state index is 11.3. The largest absolute Gasteiger partial charge is 0.297 e. The van der Waals surface area contributed by atoms with Crippen molar-refractivity contribution in [2.45, 2.75) is 4.90 Å². The first-order chi connectivity index (χ1) is 6.17. The average molecular weight is 235 g/mol. The molecule has 0 aliphatic carbocycles. The monoisotopic (exact) mass is 234 g/mol. The van der Waals surface area contributed by atoms with Crippen LogP contribution in [0.25, 0.3) is 0 Å². The molecule has 0 unspecified atom stereocenters. The number of hydrogen-bond donors (Lipinski definition) is 0. The Bertz CT molecular complexity index is 372. The zero-order valence-corrected chi connectivity index (χ0v) is 9.05. The Morgan fingerprint density at radius 3 is 2.36 bits per heavy atom. The Balaban J connectivity index is 0.00000169. The quantitative estimate of drug-likeness (QED) is 0.591. The second-order valence-corrected chi connectivity index (χ2v) is 3.96. The third-order valence-corrected chi connectivity index (χ3v) is 2.67. The van der Waals surface area contributed by atoms with E-state index in [9.17, 15) is 8.42 Å². The van der Waals surface area contributed by atoms with E-state index in [1.165, 1.54) is 18.2 Å². The predicted molar refractivity (Wildman–Crippen MR) is 57.0 cm³/mol. The van der Waals surface area contributed by atoms with Gasteiger partial charge in [-0.3, -0.25) is 4.18 Å². The summed E-state index contributed by atoms with van der Waals surface area (Å²) in [6.07, 6.45) is 1.39. The molecule has 5 heteroatoms. The van der Waals surface area contributed by atoms with Crippen LogP contribution >= 0.6 is 12.4 Å². The van der Waals surface area contributed by atoms with E-state index in [-0.39, 0.29) is 23.9 Å². The standard InChI is InChI=1S/C9H10O3S.ClH/c1-2-8-12-13(10,11)9-6-4-3-5-7-9;/h2-7H,1,8H2;1H. The smallest absolute Gasteiger partial charge is 0.262 e. The van der Waals surface area contributed by atoms with Crippen molar-refractivity contribution in [3.63, 3.8) is 0 Å². The summed E-state index contributed by atoms with van der Waals surface area (Å²) in [5.74, 6) is 0. The van der Waals surface area contributed by atoms with Gasteiger partial charge in [-0.1, -0.05) is 24.3 Å². The molecular weight excluding hydrogens is 224 g/mol. The second kappa shape index (κ2) is 5.80. The Labute approximate surface area is 89.9 Å².